The van der Waals surface area contributed by atoms with E-state index in [1.165, 1.54) is 32.8 Å². The van der Waals surface area contributed by atoms with Crippen LogP contribution in [-0.4, -0.2) is 37.3 Å². The highest BCUT2D eigenvalue weighted by atomic mass is 17.1. The lowest BCUT2D eigenvalue weighted by molar-refractivity contribution is -0.277. The average Bonchev–Trinajstić information content (AvgIpc) is 2.82. The summed E-state index contributed by atoms with van der Waals surface area (Å²) in [5, 5.41) is 7.07. The van der Waals surface area contributed by atoms with Gasteiger partial charge >= 0.3 is 0 Å². The zero-order chi connectivity index (χ0) is 21.0. The molecule has 1 amide bonds. The summed E-state index contributed by atoms with van der Waals surface area (Å²) in [5.74, 6) is 3.88. The summed E-state index contributed by atoms with van der Waals surface area (Å²) in [6, 6.07) is 0. The Bertz CT molecular complexity index is 382. The lowest BCUT2D eigenvalue weighted by Crippen LogP contribution is -2.52. The second-order valence-electron chi connectivity index (χ2n) is 7.61. The van der Waals surface area contributed by atoms with Gasteiger partial charge in [-0.25, -0.2) is 4.89 Å². The molecular formula is C21H43NO5. The van der Waals surface area contributed by atoms with E-state index in [-0.39, 0.29) is 12.7 Å². The third-order valence-corrected chi connectivity index (χ3v) is 6.24. The minimum Gasteiger partial charge on any atom is -0.372 e. The zero-order valence-corrected chi connectivity index (χ0v) is 18.4. The summed E-state index contributed by atoms with van der Waals surface area (Å²) in [7, 11) is 1.18. The first-order chi connectivity index (χ1) is 12.9. The standard InChI is InChI=1S/C17H30O2.C2H6.CH3NO.CH4O2/c1-5-15-12(4)14-8-6-10(2)13-9-7-11(3)18-17(19-15)16(13)14;1-2;2-1-3;1-3-2/h10-17H,5-9H2,1-4H3;1-2H3;1H,(H2,2,3);2H,1H3/t10-,11+,12-,13?,14?,15-,16?,17+;;;/m1.../s1. The third-order valence-electron chi connectivity index (χ3n) is 6.24. The monoisotopic (exact) mass is 389 g/mol. The number of carbonyl (C=O) groups excluding carboxylic acids is 1. The number of carbonyl (C=O) groups is 1. The molecule has 3 aliphatic rings. The van der Waals surface area contributed by atoms with Gasteiger partial charge in [-0.3, -0.25) is 10.1 Å². The molecular weight excluding hydrogens is 346 g/mol. The Kier molecular flexibility index (Phi) is 14.0. The molecule has 0 bridgehead atoms. The van der Waals surface area contributed by atoms with Crippen LogP contribution >= 0.6 is 0 Å². The third kappa shape index (κ3) is 7.33. The lowest BCUT2D eigenvalue weighted by Gasteiger charge is -2.52. The van der Waals surface area contributed by atoms with Crippen LogP contribution in [0.4, 0.5) is 0 Å². The van der Waals surface area contributed by atoms with Crippen molar-refractivity contribution >= 4 is 6.41 Å². The van der Waals surface area contributed by atoms with Crippen molar-refractivity contribution in [3.8, 4) is 0 Å². The van der Waals surface area contributed by atoms with Gasteiger partial charge in [-0.05, 0) is 56.3 Å². The van der Waals surface area contributed by atoms with Crippen molar-refractivity contribution in [1.82, 2.24) is 0 Å². The van der Waals surface area contributed by atoms with Gasteiger partial charge < -0.3 is 15.2 Å². The van der Waals surface area contributed by atoms with Gasteiger partial charge in [0.2, 0.25) is 6.41 Å². The Morgan fingerprint density at radius 1 is 1.07 bits per heavy atom. The highest BCUT2D eigenvalue weighted by molar-refractivity contribution is 5.42. The van der Waals surface area contributed by atoms with E-state index in [1.54, 1.807) is 0 Å². The Morgan fingerprint density at radius 2 is 1.59 bits per heavy atom. The van der Waals surface area contributed by atoms with Crippen molar-refractivity contribution in [3.05, 3.63) is 0 Å². The number of amides is 1. The van der Waals surface area contributed by atoms with E-state index in [0.717, 1.165) is 24.2 Å². The van der Waals surface area contributed by atoms with Crippen molar-refractivity contribution in [2.45, 2.75) is 92.1 Å². The van der Waals surface area contributed by atoms with Crippen molar-refractivity contribution < 1.29 is 24.4 Å². The Hall–Kier alpha value is -0.690. The maximum absolute atomic E-state index is 8.58. The van der Waals surface area contributed by atoms with Crippen LogP contribution in [0.5, 0.6) is 0 Å². The Balaban J connectivity index is 0.000000736. The molecule has 3 N–H and O–H groups in total. The van der Waals surface area contributed by atoms with Gasteiger partial charge in [-0.2, -0.15) is 0 Å². The molecule has 8 atom stereocenters. The minimum absolute atomic E-state index is 0.0800. The molecule has 6 nitrogen and oxygen atoms in total. The van der Waals surface area contributed by atoms with Crippen LogP contribution < -0.4 is 5.73 Å². The largest absolute Gasteiger partial charge is 0.372 e. The SMILES string of the molecule is CC.CC[C@H]1O[C@@H]2O[C@@H](C)CCC3C2C(CC[C@H]3C)[C@H]1C.COO.NC=O. The minimum atomic E-state index is 0.0800. The molecule has 6 heteroatoms. The summed E-state index contributed by atoms with van der Waals surface area (Å²) in [6.07, 6.45) is 7.58. The van der Waals surface area contributed by atoms with Crippen molar-refractivity contribution in [2.75, 3.05) is 7.11 Å². The zero-order valence-electron chi connectivity index (χ0n) is 18.4. The van der Waals surface area contributed by atoms with Gasteiger partial charge in [-0.15, -0.1) is 0 Å². The molecule has 3 fully saturated rings. The van der Waals surface area contributed by atoms with Crippen molar-refractivity contribution in [3.63, 3.8) is 0 Å². The smallest absolute Gasteiger partial charge is 0.204 e. The number of nitrogens with two attached hydrogens (primary N) is 1. The fraction of sp³-hybridized carbons (Fsp3) is 0.952. The van der Waals surface area contributed by atoms with Crippen LogP contribution in [0.3, 0.4) is 0 Å². The van der Waals surface area contributed by atoms with Gasteiger partial charge in [0.1, 0.15) is 0 Å². The van der Waals surface area contributed by atoms with Crippen LogP contribution in [-0.2, 0) is 19.2 Å². The second kappa shape index (κ2) is 14.3. The maximum atomic E-state index is 8.58. The average molecular weight is 390 g/mol. The molecule has 1 saturated carbocycles. The molecule has 2 heterocycles. The van der Waals surface area contributed by atoms with Crippen molar-refractivity contribution in [1.29, 1.82) is 0 Å². The number of ether oxygens (including phenoxy) is 2. The summed E-state index contributed by atoms with van der Waals surface area (Å²) >= 11 is 0. The van der Waals surface area contributed by atoms with E-state index in [9.17, 15) is 0 Å². The molecule has 0 aromatic rings. The van der Waals surface area contributed by atoms with Gasteiger partial charge in [-0.1, -0.05) is 41.0 Å². The van der Waals surface area contributed by atoms with Gasteiger partial charge in [0, 0.05) is 5.92 Å². The van der Waals surface area contributed by atoms with Gasteiger partial charge in [0.25, 0.3) is 0 Å². The Morgan fingerprint density at radius 3 is 2.11 bits per heavy atom. The van der Waals surface area contributed by atoms with Crippen LogP contribution in [0.15, 0.2) is 0 Å². The summed E-state index contributed by atoms with van der Waals surface area (Å²) in [4.78, 5) is 11.8. The van der Waals surface area contributed by atoms with E-state index in [0.29, 0.717) is 24.0 Å². The first-order valence-electron chi connectivity index (χ1n) is 10.6. The molecule has 0 radical (unpaired) electrons. The first kappa shape index (κ1) is 26.3. The van der Waals surface area contributed by atoms with Crippen LogP contribution in [0, 0.1) is 29.6 Å². The first-order valence-corrected chi connectivity index (χ1v) is 10.6. The van der Waals surface area contributed by atoms with E-state index in [4.69, 9.17) is 19.5 Å². The van der Waals surface area contributed by atoms with E-state index < -0.39 is 0 Å². The molecule has 3 unspecified atom stereocenters. The molecule has 2 aliphatic heterocycles. The van der Waals surface area contributed by atoms with Crippen LogP contribution in [0.2, 0.25) is 0 Å². The number of hydrogen-bond acceptors (Lipinski definition) is 5. The molecule has 0 spiro atoms. The highest BCUT2D eigenvalue weighted by Crippen LogP contribution is 2.52. The summed E-state index contributed by atoms with van der Waals surface area (Å²) in [6.45, 7) is 13.3. The molecule has 162 valence electrons. The fourth-order valence-corrected chi connectivity index (χ4v) is 5.03. The Labute approximate surface area is 166 Å². The summed E-state index contributed by atoms with van der Waals surface area (Å²) in [5.41, 5.74) is 4.17. The van der Waals surface area contributed by atoms with Crippen LogP contribution in [0.25, 0.3) is 0 Å². The molecule has 0 aromatic carbocycles. The van der Waals surface area contributed by atoms with E-state index in [2.05, 4.69) is 38.3 Å². The fourth-order valence-electron chi connectivity index (χ4n) is 5.03. The van der Waals surface area contributed by atoms with Crippen molar-refractivity contribution in [2.24, 2.45) is 35.3 Å². The predicted molar refractivity (Wildman–Crippen MR) is 108 cm³/mol. The maximum Gasteiger partial charge on any atom is 0.204 e. The molecule has 2 saturated heterocycles. The highest BCUT2D eigenvalue weighted by Gasteiger charge is 2.51. The van der Waals surface area contributed by atoms with Gasteiger partial charge in [0.15, 0.2) is 6.29 Å². The second-order valence-corrected chi connectivity index (χ2v) is 7.61. The molecule has 1 aliphatic carbocycles. The predicted octanol–water partition coefficient (Wildman–Crippen LogP) is 4.47. The number of rotatable bonds is 1. The summed E-state index contributed by atoms with van der Waals surface area (Å²) < 4.78 is 12.6. The topological polar surface area (TPSA) is 91.0 Å². The number of hydrogen-bond donors (Lipinski definition) is 2. The molecule has 0 aromatic heterocycles. The van der Waals surface area contributed by atoms with E-state index in [1.807, 2.05) is 13.8 Å². The lowest BCUT2D eigenvalue weighted by atomic mass is 9.60. The molecule has 3 rings (SSSR count). The normalized spacial score (nSPS) is 39.6. The quantitative estimate of drug-likeness (QED) is 0.392. The number of primary amides is 1. The molecule has 27 heavy (non-hydrogen) atoms. The van der Waals surface area contributed by atoms with Crippen LogP contribution in [0.1, 0.15) is 73.6 Å². The van der Waals surface area contributed by atoms with E-state index >= 15 is 0 Å². The van der Waals surface area contributed by atoms with Gasteiger partial charge in [0.05, 0.1) is 19.3 Å².